The van der Waals surface area contributed by atoms with Gasteiger partial charge in [-0.15, -0.1) is 10.2 Å². The fourth-order valence-corrected chi connectivity index (χ4v) is 1.66. The third-order valence-electron chi connectivity index (χ3n) is 2.10. The van der Waals surface area contributed by atoms with E-state index in [9.17, 15) is 4.79 Å². The number of anilines is 2. The van der Waals surface area contributed by atoms with E-state index < -0.39 is 5.97 Å². The van der Waals surface area contributed by atoms with Gasteiger partial charge in [-0.3, -0.25) is 0 Å². The number of nitrogens with zero attached hydrogens (tertiary/aromatic N) is 2. The Hall–Kier alpha value is -1.85. The predicted octanol–water partition coefficient (Wildman–Crippen LogP) is 3.23. The highest BCUT2D eigenvalue weighted by molar-refractivity contribution is 6.33. The molecule has 0 radical (unpaired) electrons. The molecule has 1 aromatic carbocycles. The van der Waals surface area contributed by atoms with Gasteiger partial charge in [-0.2, -0.15) is 0 Å². The minimum Gasteiger partial charge on any atom is -0.478 e. The van der Waals surface area contributed by atoms with Crippen LogP contribution >= 0.6 is 23.2 Å². The topological polar surface area (TPSA) is 75.1 Å². The zero-order valence-corrected chi connectivity index (χ0v) is 10.4. The smallest absolute Gasteiger partial charge is 0.337 e. The second-order valence-corrected chi connectivity index (χ2v) is 4.16. The summed E-state index contributed by atoms with van der Waals surface area (Å²) in [7, 11) is 0. The summed E-state index contributed by atoms with van der Waals surface area (Å²) in [4.78, 5) is 10.8. The molecule has 2 aromatic rings. The molecule has 18 heavy (non-hydrogen) atoms. The van der Waals surface area contributed by atoms with Gasteiger partial charge in [0, 0.05) is 5.69 Å². The van der Waals surface area contributed by atoms with Crippen molar-refractivity contribution in [3.63, 3.8) is 0 Å². The van der Waals surface area contributed by atoms with E-state index in [1.807, 2.05) is 0 Å². The van der Waals surface area contributed by atoms with Gasteiger partial charge in [0.05, 0.1) is 10.6 Å². The fourth-order valence-electron chi connectivity index (χ4n) is 1.30. The molecule has 0 saturated carbocycles. The number of benzene rings is 1. The molecule has 0 fully saturated rings. The lowest BCUT2D eigenvalue weighted by Gasteiger charge is -2.06. The number of rotatable bonds is 3. The Bertz CT molecular complexity index is 587. The van der Waals surface area contributed by atoms with Gasteiger partial charge in [0.2, 0.25) is 0 Å². The van der Waals surface area contributed by atoms with Gasteiger partial charge < -0.3 is 10.4 Å². The van der Waals surface area contributed by atoms with Crippen molar-refractivity contribution in [2.45, 2.75) is 0 Å². The van der Waals surface area contributed by atoms with Crippen LogP contribution in [0.3, 0.4) is 0 Å². The number of carbonyl (C=O) groups is 1. The van der Waals surface area contributed by atoms with E-state index in [2.05, 4.69) is 15.5 Å². The number of halogens is 2. The number of hydrogen-bond acceptors (Lipinski definition) is 4. The fraction of sp³-hybridized carbons (Fsp3) is 0. The average Bonchev–Trinajstić information content (AvgIpc) is 2.32. The summed E-state index contributed by atoms with van der Waals surface area (Å²) in [6.07, 6.45) is 0. The summed E-state index contributed by atoms with van der Waals surface area (Å²) in [6.45, 7) is 0. The van der Waals surface area contributed by atoms with Gasteiger partial charge in [-0.1, -0.05) is 23.2 Å². The van der Waals surface area contributed by atoms with Gasteiger partial charge >= 0.3 is 5.97 Å². The highest BCUT2D eigenvalue weighted by Gasteiger charge is 2.09. The van der Waals surface area contributed by atoms with Gasteiger partial charge in [0.25, 0.3) is 0 Å². The van der Waals surface area contributed by atoms with E-state index in [0.29, 0.717) is 16.7 Å². The van der Waals surface area contributed by atoms with Crippen LogP contribution in [0.5, 0.6) is 0 Å². The highest BCUT2D eigenvalue weighted by Crippen LogP contribution is 2.23. The van der Waals surface area contributed by atoms with Crippen molar-refractivity contribution < 1.29 is 9.90 Å². The molecule has 2 N–H and O–H groups in total. The second kappa shape index (κ2) is 5.20. The zero-order valence-electron chi connectivity index (χ0n) is 8.89. The van der Waals surface area contributed by atoms with Crippen LogP contribution < -0.4 is 5.32 Å². The van der Waals surface area contributed by atoms with Gasteiger partial charge in [0.15, 0.2) is 11.0 Å². The molecule has 5 nitrogen and oxygen atoms in total. The molecule has 7 heteroatoms. The Kier molecular flexibility index (Phi) is 3.64. The van der Waals surface area contributed by atoms with Crippen molar-refractivity contribution in [3.8, 4) is 0 Å². The van der Waals surface area contributed by atoms with Crippen molar-refractivity contribution in [1.82, 2.24) is 10.2 Å². The summed E-state index contributed by atoms with van der Waals surface area (Å²) < 4.78 is 0. The number of aromatic nitrogens is 2. The monoisotopic (exact) mass is 283 g/mol. The summed E-state index contributed by atoms with van der Waals surface area (Å²) in [5.74, 6) is -0.587. The van der Waals surface area contributed by atoms with Gasteiger partial charge in [-0.05, 0) is 30.3 Å². The molecule has 0 amide bonds. The molecule has 1 aromatic heterocycles. The Balaban J connectivity index is 2.22. The Morgan fingerprint density at radius 2 is 1.94 bits per heavy atom. The molecule has 0 aliphatic heterocycles. The standard InChI is InChI=1S/C11H7Cl2N3O2/c12-8-5-6(1-2-7(8)11(17)18)14-10-4-3-9(13)15-16-10/h1-5H,(H,14,16)(H,17,18). The molecule has 0 saturated heterocycles. The number of carboxylic acid groups (broad SMARTS) is 1. The van der Waals surface area contributed by atoms with Crippen LogP contribution in [0.25, 0.3) is 0 Å². The van der Waals surface area contributed by atoms with Gasteiger partial charge in [-0.25, -0.2) is 4.79 Å². The van der Waals surface area contributed by atoms with Crippen LogP contribution in [0.4, 0.5) is 11.5 Å². The maximum Gasteiger partial charge on any atom is 0.337 e. The molecular formula is C11H7Cl2N3O2. The molecular weight excluding hydrogens is 277 g/mol. The zero-order chi connectivity index (χ0) is 13.1. The molecule has 0 spiro atoms. The Morgan fingerprint density at radius 1 is 1.17 bits per heavy atom. The second-order valence-electron chi connectivity index (χ2n) is 3.37. The number of nitrogens with one attached hydrogen (secondary N) is 1. The lowest BCUT2D eigenvalue weighted by Crippen LogP contribution is -1.99. The SMILES string of the molecule is O=C(O)c1ccc(Nc2ccc(Cl)nn2)cc1Cl. The average molecular weight is 284 g/mol. The van der Waals surface area contributed by atoms with E-state index in [1.54, 1.807) is 18.2 Å². The lowest BCUT2D eigenvalue weighted by molar-refractivity contribution is 0.0697. The number of hydrogen-bond donors (Lipinski definition) is 2. The summed E-state index contributed by atoms with van der Waals surface area (Å²) in [5.41, 5.74) is 0.658. The van der Waals surface area contributed by atoms with Crippen molar-refractivity contribution in [1.29, 1.82) is 0 Å². The predicted molar refractivity (Wildman–Crippen MR) is 68.7 cm³/mol. The van der Waals surface area contributed by atoms with Crippen LogP contribution in [-0.4, -0.2) is 21.3 Å². The highest BCUT2D eigenvalue weighted by atomic mass is 35.5. The number of carboxylic acids is 1. The third kappa shape index (κ3) is 2.88. The summed E-state index contributed by atoms with van der Waals surface area (Å²) in [5, 5.41) is 19.7. The molecule has 0 bridgehead atoms. The first-order chi connectivity index (χ1) is 8.56. The van der Waals surface area contributed by atoms with E-state index >= 15 is 0 Å². The Morgan fingerprint density at radius 3 is 2.50 bits per heavy atom. The van der Waals surface area contributed by atoms with Crippen molar-refractivity contribution >= 4 is 40.7 Å². The minimum absolute atomic E-state index is 0.0457. The quantitative estimate of drug-likeness (QED) is 0.905. The van der Waals surface area contributed by atoms with E-state index in [1.165, 1.54) is 12.1 Å². The van der Waals surface area contributed by atoms with Gasteiger partial charge in [0.1, 0.15) is 0 Å². The summed E-state index contributed by atoms with van der Waals surface area (Å²) in [6, 6.07) is 7.74. The lowest BCUT2D eigenvalue weighted by atomic mass is 10.2. The molecule has 0 unspecified atom stereocenters. The van der Waals surface area contributed by atoms with Crippen LogP contribution in [0.15, 0.2) is 30.3 Å². The molecule has 2 rings (SSSR count). The van der Waals surface area contributed by atoms with E-state index in [-0.39, 0.29) is 10.6 Å². The first kappa shape index (κ1) is 12.6. The summed E-state index contributed by atoms with van der Waals surface area (Å²) >= 11 is 11.4. The molecule has 1 heterocycles. The third-order valence-corrected chi connectivity index (χ3v) is 2.62. The first-order valence-corrected chi connectivity index (χ1v) is 5.61. The normalized spacial score (nSPS) is 10.1. The molecule has 0 aliphatic rings. The number of aromatic carboxylic acids is 1. The molecule has 0 aliphatic carbocycles. The van der Waals surface area contributed by atoms with Crippen molar-refractivity contribution in [2.75, 3.05) is 5.32 Å². The molecule has 0 atom stereocenters. The molecule has 92 valence electrons. The van der Waals surface area contributed by atoms with Crippen LogP contribution in [-0.2, 0) is 0 Å². The van der Waals surface area contributed by atoms with Crippen molar-refractivity contribution in [3.05, 3.63) is 46.1 Å². The first-order valence-electron chi connectivity index (χ1n) is 4.85. The Labute approximate surface area is 112 Å². The van der Waals surface area contributed by atoms with Crippen LogP contribution in [0.1, 0.15) is 10.4 Å². The largest absolute Gasteiger partial charge is 0.478 e. The minimum atomic E-state index is -1.07. The van der Waals surface area contributed by atoms with Crippen LogP contribution in [0, 0.1) is 0 Å². The maximum absolute atomic E-state index is 10.8. The van der Waals surface area contributed by atoms with E-state index in [0.717, 1.165) is 0 Å². The maximum atomic E-state index is 10.8. The van der Waals surface area contributed by atoms with E-state index in [4.69, 9.17) is 28.3 Å². The van der Waals surface area contributed by atoms with Crippen LogP contribution in [0.2, 0.25) is 10.2 Å². The van der Waals surface area contributed by atoms with Crippen molar-refractivity contribution in [2.24, 2.45) is 0 Å².